The molecule has 272 valence electrons. The maximum atomic E-state index is 13.2. The molecule has 0 aromatic carbocycles. The Kier molecular flexibility index (Phi) is 13.7. The zero-order valence-electron chi connectivity index (χ0n) is 32.0. The summed E-state index contributed by atoms with van der Waals surface area (Å²) in [4.78, 5) is 18.8. The molecule has 0 aliphatic heterocycles. The molecule has 4 aliphatic carbocycles. The van der Waals surface area contributed by atoms with Crippen molar-refractivity contribution in [2.75, 3.05) is 13.7 Å². The van der Waals surface area contributed by atoms with Crippen LogP contribution in [-0.4, -0.2) is 36.8 Å². The van der Waals surface area contributed by atoms with E-state index in [0.29, 0.717) is 23.9 Å². The number of carbonyl (C=O) groups is 1. The lowest BCUT2D eigenvalue weighted by Gasteiger charge is -2.62. The molecular weight excluding hydrogens is 615 g/mol. The van der Waals surface area contributed by atoms with E-state index in [1.54, 1.807) is 18.7 Å². The second-order valence-corrected chi connectivity index (χ2v) is 17.9. The van der Waals surface area contributed by atoms with Gasteiger partial charge in [-0.2, -0.15) is 0 Å². The van der Waals surface area contributed by atoms with Gasteiger partial charge in [0, 0.05) is 25.3 Å². The summed E-state index contributed by atoms with van der Waals surface area (Å²) in [6.45, 7) is 19.4. The van der Waals surface area contributed by atoms with Crippen molar-refractivity contribution >= 4 is 23.6 Å². The fraction of sp³-hybridized carbons (Fsp3) is 0.810. The van der Waals surface area contributed by atoms with Gasteiger partial charge in [-0.05, 0) is 149 Å². The summed E-state index contributed by atoms with van der Waals surface area (Å²) in [6.07, 6.45) is 24.8. The van der Waals surface area contributed by atoms with Gasteiger partial charge in [0.25, 0.3) is 0 Å². The third-order valence-corrected chi connectivity index (χ3v) is 14.2. The predicted molar refractivity (Wildman–Crippen MR) is 202 cm³/mol. The number of rotatable bonds is 17. The van der Waals surface area contributed by atoms with Crippen LogP contribution in [0.3, 0.4) is 0 Å². The minimum atomic E-state index is -0.199. The summed E-state index contributed by atoms with van der Waals surface area (Å²) in [6, 6.07) is 0. The van der Waals surface area contributed by atoms with Gasteiger partial charge in [0.1, 0.15) is 0 Å². The van der Waals surface area contributed by atoms with Crippen LogP contribution in [0.4, 0.5) is 0 Å². The second kappa shape index (κ2) is 16.7. The van der Waals surface area contributed by atoms with Crippen molar-refractivity contribution in [3.63, 3.8) is 0 Å². The Bertz CT molecular complexity index is 1190. The molecule has 8 atom stereocenters. The van der Waals surface area contributed by atoms with Gasteiger partial charge in [-0.3, -0.25) is 0 Å². The van der Waals surface area contributed by atoms with Gasteiger partial charge >= 0.3 is 5.97 Å². The minimum absolute atomic E-state index is 0.0288. The molecule has 0 spiro atoms. The Hall–Kier alpha value is -1.50. The number of hydrogen-bond donors (Lipinski definition) is 1. The summed E-state index contributed by atoms with van der Waals surface area (Å²) in [7, 11) is 1.73. The highest BCUT2D eigenvalue weighted by Crippen LogP contribution is 2.72. The van der Waals surface area contributed by atoms with Crippen LogP contribution in [0.15, 0.2) is 35.6 Å². The molecule has 48 heavy (non-hydrogen) atoms. The maximum Gasteiger partial charge on any atom is 0.335 e. The highest BCUT2D eigenvalue weighted by molar-refractivity contribution is 7.79. The number of hydroxylamine groups is 1. The first-order valence-electron chi connectivity index (χ1n) is 19.3. The number of nitrogens with one attached hydrogen (secondary N) is 1. The van der Waals surface area contributed by atoms with Gasteiger partial charge in [0.05, 0.1) is 17.6 Å². The van der Waals surface area contributed by atoms with E-state index in [4.69, 9.17) is 26.5 Å². The molecule has 1 N–H and O–H groups in total. The van der Waals surface area contributed by atoms with Crippen molar-refractivity contribution < 1.29 is 19.1 Å². The van der Waals surface area contributed by atoms with Gasteiger partial charge in [0.15, 0.2) is 0 Å². The second-order valence-electron chi connectivity index (χ2n) is 17.7. The van der Waals surface area contributed by atoms with E-state index in [0.717, 1.165) is 54.9 Å². The first kappa shape index (κ1) is 39.3. The van der Waals surface area contributed by atoms with E-state index in [9.17, 15) is 4.79 Å². The van der Waals surface area contributed by atoms with Crippen LogP contribution in [0, 0.1) is 45.8 Å². The molecule has 0 amide bonds. The van der Waals surface area contributed by atoms with Crippen LogP contribution >= 0.6 is 12.2 Å². The average molecular weight is 684 g/mol. The largest absolute Gasteiger partial charge is 0.379 e. The van der Waals surface area contributed by atoms with Crippen LogP contribution in [0.2, 0.25) is 0 Å². The summed E-state index contributed by atoms with van der Waals surface area (Å²) in [5, 5.41) is 1.61. The Morgan fingerprint density at radius 3 is 2.52 bits per heavy atom. The van der Waals surface area contributed by atoms with Gasteiger partial charge in [-0.1, -0.05) is 77.7 Å². The summed E-state index contributed by atoms with van der Waals surface area (Å²) in [5.74, 6) is 2.96. The van der Waals surface area contributed by atoms with Gasteiger partial charge < -0.3 is 14.3 Å². The van der Waals surface area contributed by atoms with Crippen molar-refractivity contribution in [1.82, 2.24) is 5.48 Å². The average Bonchev–Trinajstić information content (AvgIpc) is 3.30. The fourth-order valence-corrected chi connectivity index (χ4v) is 10.6. The highest BCUT2D eigenvalue weighted by Gasteiger charge is 2.64. The third-order valence-electron chi connectivity index (χ3n) is 14.1. The molecule has 3 saturated carbocycles. The topological polar surface area (TPSA) is 56.8 Å². The zero-order chi connectivity index (χ0) is 35.2. The van der Waals surface area contributed by atoms with Crippen LogP contribution in [0.5, 0.6) is 0 Å². The van der Waals surface area contributed by atoms with Crippen LogP contribution in [0.25, 0.3) is 0 Å². The van der Waals surface area contributed by atoms with Crippen LogP contribution < -0.4 is 5.48 Å². The van der Waals surface area contributed by atoms with Crippen molar-refractivity contribution in [2.45, 2.75) is 157 Å². The molecule has 0 radical (unpaired) electrons. The lowest BCUT2D eigenvalue weighted by Crippen LogP contribution is -2.55. The van der Waals surface area contributed by atoms with Crippen LogP contribution in [-0.2, 0) is 19.1 Å². The predicted octanol–water partition coefficient (Wildman–Crippen LogP) is 10.9. The van der Waals surface area contributed by atoms with E-state index in [2.05, 4.69) is 66.9 Å². The quantitative estimate of drug-likeness (QED) is 0.0411. The number of allylic oxidation sites excluding steroid dienone is 4. The van der Waals surface area contributed by atoms with E-state index in [-0.39, 0.29) is 29.0 Å². The third kappa shape index (κ3) is 8.86. The molecule has 0 saturated heterocycles. The van der Waals surface area contributed by atoms with Crippen molar-refractivity contribution in [2.24, 2.45) is 45.8 Å². The Morgan fingerprint density at radius 2 is 1.81 bits per heavy atom. The number of methoxy groups -OCH3 is 1. The highest BCUT2D eigenvalue weighted by atomic mass is 32.1. The first-order chi connectivity index (χ1) is 22.7. The molecule has 4 unspecified atom stereocenters. The van der Waals surface area contributed by atoms with E-state index in [1.165, 1.54) is 63.4 Å². The number of ether oxygens (including phenoxy) is 2. The summed E-state index contributed by atoms with van der Waals surface area (Å²) < 4.78 is 11.5. The standard InChI is InChI=1S/C42H69NO4S/c1-30(2)12-10-11-13-34-17-22-42(8)37-15-14-35-29-33(16-21-40(35,6)36(37)18-23-41(34,42)7)38(44)47-43-25-19-32(20-27-48)28-31(3)46-26-24-39(4,5)45-9/h14,19-20,25,27,30-31,33-34,36-37,43H,10-13,15-18,21-24,26,28-29H2,1-9H3/b25-19-,32-20+/t31?,33?,34-,36?,37+,40-,41+,42?/m0/s1. The molecule has 0 bridgehead atoms. The lowest BCUT2D eigenvalue weighted by atomic mass is 9.42. The summed E-state index contributed by atoms with van der Waals surface area (Å²) >= 11 is 5.09. The number of thiocarbonyl (C=S) groups is 1. The van der Waals surface area contributed by atoms with E-state index in [1.807, 2.05) is 12.2 Å². The monoisotopic (exact) mass is 683 g/mol. The van der Waals surface area contributed by atoms with Crippen molar-refractivity contribution in [1.29, 1.82) is 0 Å². The maximum absolute atomic E-state index is 13.2. The number of unbranched alkanes of at least 4 members (excludes halogenated alkanes) is 1. The number of hydrogen-bond acceptors (Lipinski definition) is 6. The molecule has 4 aliphatic rings. The molecule has 6 heteroatoms. The molecule has 0 aromatic rings. The normalized spacial score (nSPS) is 34.3. The molecule has 4 rings (SSSR count). The SMILES string of the molecule is COC(C)(C)CCOC(C)CC(/C=C\NOC(=O)C1CC[C@@]2(C)C(=CC[C@@H]3C2CC[C@]2(C)[C@@H](CCCCC(C)C)CCC32C)C1)=C/C=S. The zero-order valence-corrected chi connectivity index (χ0v) is 32.8. The smallest absolute Gasteiger partial charge is 0.335 e. The van der Waals surface area contributed by atoms with Crippen molar-refractivity contribution in [3.05, 3.63) is 35.6 Å². The summed E-state index contributed by atoms with van der Waals surface area (Å²) in [5.41, 5.74) is 6.26. The van der Waals surface area contributed by atoms with Crippen LogP contribution in [0.1, 0.15) is 145 Å². The molecule has 3 fully saturated rings. The Labute approximate surface area is 299 Å². The number of carbonyl (C=O) groups excluding carboxylic acids is 1. The molecule has 0 aromatic heterocycles. The fourth-order valence-electron chi connectivity index (χ4n) is 10.4. The van der Waals surface area contributed by atoms with Gasteiger partial charge in [0.2, 0.25) is 0 Å². The first-order valence-corrected chi connectivity index (χ1v) is 19.8. The minimum Gasteiger partial charge on any atom is -0.379 e. The van der Waals surface area contributed by atoms with Gasteiger partial charge in [-0.15, -0.1) is 0 Å². The Morgan fingerprint density at radius 1 is 1.06 bits per heavy atom. The van der Waals surface area contributed by atoms with E-state index < -0.39 is 0 Å². The lowest BCUT2D eigenvalue weighted by molar-refractivity contribution is -0.156. The van der Waals surface area contributed by atoms with E-state index >= 15 is 0 Å². The Balaban J connectivity index is 1.29. The molecular formula is C42H69NO4S. The number of fused-ring (bicyclic) bond motifs is 5. The molecule has 5 nitrogen and oxygen atoms in total. The molecule has 0 heterocycles. The van der Waals surface area contributed by atoms with Crippen molar-refractivity contribution in [3.8, 4) is 0 Å². The van der Waals surface area contributed by atoms with Gasteiger partial charge in [-0.25, -0.2) is 10.3 Å².